The summed E-state index contributed by atoms with van der Waals surface area (Å²) in [6.07, 6.45) is 0.750. The molecule has 1 rings (SSSR count). The molecule has 1 aromatic rings. The summed E-state index contributed by atoms with van der Waals surface area (Å²) in [6.45, 7) is 4.43. The largest absolute Gasteiger partial charge is 0.494 e. The van der Waals surface area contributed by atoms with Crippen LogP contribution in [0.3, 0.4) is 0 Å². The van der Waals surface area contributed by atoms with Crippen LogP contribution in [0, 0.1) is 0 Å². The molecule has 6 heteroatoms. The summed E-state index contributed by atoms with van der Waals surface area (Å²) >= 11 is 0. The average molecular weight is 287 g/mol. The van der Waals surface area contributed by atoms with Crippen LogP contribution in [0.1, 0.15) is 25.8 Å². The van der Waals surface area contributed by atoms with Gasteiger partial charge in [-0.25, -0.2) is 12.7 Å². The molecule has 1 aromatic carbocycles. The number of aliphatic hydroxyl groups is 1. The summed E-state index contributed by atoms with van der Waals surface area (Å²) in [5.41, 5.74) is 0.479. The zero-order chi connectivity index (χ0) is 14.5. The zero-order valence-corrected chi connectivity index (χ0v) is 12.4. The Morgan fingerprint density at radius 2 is 2.00 bits per heavy atom. The van der Waals surface area contributed by atoms with Gasteiger partial charge in [0, 0.05) is 19.2 Å². The molecule has 0 fully saturated rings. The van der Waals surface area contributed by atoms with Crippen molar-refractivity contribution in [2.45, 2.75) is 31.8 Å². The lowest BCUT2D eigenvalue weighted by Gasteiger charge is -2.17. The van der Waals surface area contributed by atoms with Gasteiger partial charge in [0.15, 0.2) is 0 Å². The summed E-state index contributed by atoms with van der Waals surface area (Å²) in [6, 6.07) is 4.56. The van der Waals surface area contributed by atoms with E-state index >= 15 is 0 Å². The van der Waals surface area contributed by atoms with Gasteiger partial charge in [-0.05, 0) is 31.5 Å². The predicted molar refractivity (Wildman–Crippen MR) is 73.6 cm³/mol. The van der Waals surface area contributed by atoms with Gasteiger partial charge in [0.1, 0.15) is 5.75 Å². The molecule has 0 aliphatic carbocycles. The fraction of sp³-hybridized carbons (Fsp3) is 0.538. The molecule has 0 bridgehead atoms. The van der Waals surface area contributed by atoms with E-state index in [4.69, 9.17) is 4.74 Å². The van der Waals surface area contributed by atoms with Gasteiger partial charge >= 0.3 is 0 Å². The second kappa shape index (κ2) is 6.88. The molecule has 108 valence electrons. The van der Waals surface area contributed by atoms with E-state index in [1.54, 1.807) is 13.1 Å². The lowest BCUT2D eigenvalue weighted by molar-refractivity contribution is 0.266. The van der Waals surface area contributed by atoms with Gasteiger partial charge in [-0.3, -0.25) is 0 Å². The van der Waals surface area contributed by atoms with Crippen LogP contribution in [-0.4, -0.2) is 38.0 Å². The molecule has 5 nitrogen and oxygen atoms in total. The minimum atomic E-state index is -3.50. The van der Waals surface area contributed by atoms with Crippen LogP contribution in [0.15, 0.2) is 23.1 Å². The fourth-order valence-electron chi connectivity index (χ4n) is 1.75. The number of ether oxygens (including phenoxy) is 1. The van der Waals surface area contributed by atoms with E-state index in [9.17, 15) is 13.5 Å². The van der Waals surface area contributed by atoms with Gasteiger partial charge in [0.25, 0.3) is 0 Å². The van der Waals surface area contributed by atoms with E-state index < -0.39 is 10.0 Å². The highest BCUT2D eigenvalue weighted by Crippen LogP contribution is 2.24. The Labute approximate surface area is 114 Å². The minimum absolute atomic E-state index is 0.177. The Morgan fingerprint density at radius 3 is 2.53 bits per heavy atom. The maximum absolute atomic E-state index is 12.3. The first-order chi connectivity index (χ1) is 8.97. The molecule has 0 aliphatic rings. The maximum Gasteiger partial charge on any atom is 0.242 e. The van der Waals surface area contributed by atoms with Crippen molar-refractivity contribution in [2.75, 3.05) is 20.2 Å². The standard InChI is InChI=1S/C13H21NO4S/c1-4-8-14(3)19(16,17)12-6-7-13(18-5-2)11(9-12)10-15/h6-7,9,15H,4-5,8,10H2,1-3H3. The predicted octanol–water partition coefficient (Wildman–Crippen LogP) is 1.61. The fourth-order valence-corrected chi connectivity index (χ4v) is 3.07. The van der Waals surface area contributed by atoms with Gasteiger partial charge in [-0.1, -0.05) is 6.92 Å². The van der Waals surface area contributed by atoms with E-state index in [1.165, 1.54) is 16.4 Å². The van der Waals surface area contributed by atoms with E-state index in [1.807, 2.05) is 13.8 Å². The van der Waals surface area contributed by atoms with Crippen LogP contribution >= 0.6 is 0 Å². The topological polar surface area (TPSA) is 66.8 Å². The lowest BCUT2D eigenvalue weighted by atomic mass is 10.2. The van der Waals surface area contributed by atoms with Crippen LogP contribution in [0.5, 0.6) is 5.75 Å². The lowest BCUT2D eigenvalue weighted by Crippen LogP contribution is -2.27. The third-order valence-electron chi connectivity index (χ3n) is 2.75. The van der Waals surface area contributed by atoms with Crippen molar-refractivity contribution in [1.82, 2.24) is 4.31 Å². The average Bonchev–Trinajstić information content (AvgIpc) is 2.39. The highest BCUT2D eigenvalue weighted by Gasteiger charge is 2.21. The van der Waals surface area contributed by atoms with Crippen molar-refractivity contribution in [3.8, 4) is 5.75 Å². The molecule has 0 aliphatic heterocycles. The number of hydrogen-bond donors (Lipinski definition) is 1. The third-order valence-corrected chi connectivity index (χ3v) is 4.60. The smallest absolute Gasteiger partial charge is 0.242 e. The second-order valence-electron chi connectivity index (χ2n) is 4.19. The quantitative estimate of drug-likeness (QED) is 0.827. The van der Waals surface area contributed by atoms with E-state index in [0.29, 0.717) is 24.5 Å². The number of rotatable bonds is 7. The zero-order valence-electron chi connectivity index (χ0n) is 11.6. The van der Waals surface area contributed by atoms with Crippen molar-refractivity contribution < 1.29 is 18.3 Å². The van der Waals surface area contributed by atoms with Gasteiger partial charge in [0.05, 0.1) is 18.1 Å². The first-order valence-electron chi connectivity index (χ1n) is 6.30. The highest BCUT2D eigenvalue weighted by molar-refractivity contribution is 7.89. The van der Waals surface area contributed by atoms with Gasteiger partial charge < -0.3 is 9.84 Å². The van der Waals surface area contributed by atoms with Crippen LogP contribution in [-0.2, 0) is 16.6 Å². The van der Waals surface area contributed by atoms with Crippen molar-refractivity contribution in [3.63, 3.8) is 0 Å². The van der Waals surface area contributed by atoms with E-state index in [0.717, 1.165) is 6.42 Å². The minimum Gasteiger partial charge on any atom is -0.494 e. The number of aliphatic hydroxyl groups excluding tert-OH is 1. The van der Waals surface area contributed by atoms with Gasteiger partial charge in [-0.2, -0.15) is 0 Å². The third kappa shape index (κ3) is 3.68. The monoisotopic (exact) mass is 287 g/mol. The van der Waals surface area contributed by atoms with Gasteiger partial charge in [-0.15, -0.1) is 0 Å². The number of nitrogens with zero attached hydrogens (tertiary/aromatic N) is 1. The Balaban J connectivity index is 3.15. The van der Waals surface area contributed by atoms with Crippen LogP contribution in [0.2, 0.25) is 0 Å². The molecule has 0 spiro atoms. The molecule has 1 N–H and O–H groups in total. The molecular weight excluding hydrogens is 266 g/mol. The van der Waals surface area contributed by atoms with E-state index in [2.05, 4.69) is 0 Å². The molecule has 19 heavy (non-hydrogen) atoms. The number of hydrogen-bond acceptors (Lipinski definition) is 4. The van der Waals surface area contributed by atoms with E-state index in [-0.39, 0.29) is 11.5 Å². The molecule has 0 saturated heterocycles. The number of benzene rings is 1. The molecule has 0 heterocycles. The van der Waals surface area contributed by atoms with Crippen molar-refractivity contribution in [1.29, 1.82) is 0 Å². The first-order valence-corrected chi connectivity index (χ1v) is 7.74. The Morgan fingerprint density at radius 1 is 1.32 bits per heavy atom. The summed E-state index contributed by atoms with van der Waals surface area (Å²) < 4.78 is 31.2. The van der Waals surface area contributed by atoms with Crippen molar-refractivity contribution in [3.05, 3.63) is 23.8 Å². The second-order valence-corrected chi connectivity index (χ2v) is 6.23. The van der Waals surface area contributed by atoms with Crippen molar-refractivity contribution >= 4 is 10.0 Å². The molecule has 0 aromatic heterocycles. The maximum atomic E-state index is 12.3. The van der Waals surface area contributed by atoms with Crippen molar-refractivity contribution in [2.24, 2.45) is 0 Å². The first kappa shape index (κ1) is 15.9. The van der Waals surface area contributed by atoms with Crippen LogP contribution in [0.4, 0.5) is 0 Å². The molecule has 0 saturated carbocycles. The Hall–Kier alpha value is -1.11. The van der Waals surface area contributed by atoms with Crippen LogP contribution < -0.4 is 4.74 Å². The Bertz CT molecular complexity index is 513. The molecule has 0 radical (unpaired) electrons. The van der Waals surface area contributed by atoms with Gasteiger partial charge in [0.2, 0.25) is 10.0 Å². The Kier molecular flexibility index (Phi) is 5.78. The SMILES string of the molecule is CCCN(C)S(=O)(=O)c1ccc(OCC)c(CO)c1. The van der Waals surface area contributed by atoms with Crippen LogP contribution in [0.25, 0.3) is 0 Å². The summed E-state index contributed by atoms with van der Waals surface area (Å²) in [7, 11) is -1.95. The summed E-state index contributed by atoms with van der Waals surface area (Å²) in [5, 5.41) is 9.29. The number of sulfonamides is 1. The summed E-state index contributed by atoms with van der Waals surface area (Å²) in [5.74, 6) is 0.516. The normalized spacial score (nSPS) is 11.8. The highest BCUT2D eigenvalue weighted by atomic mass is 32.2. The molecular formula is C13H21NO4S. The molecule has 0 amide bonds. The summed E-state index contributed by atoms with van der Waals surface area (Å²) in [4.78, 5) is 0.177. The molecule has 0 unspecified atom stereocenters. The molecule has 0 atom stereocenters.